The molecule has 2 saturated heterocycles. The van der Waals surface area contributed by atoms with Crippen LogP contribution in [0.25, 0.3) is 0 Å². The topological polar surface area (TPSA) is 35.5 Å². The van der Waals surface area contributed by atoms with Gasteiger partial charge in [0.05, 0.1) is 5.60 Å². The molecular weight excluding hydrogens is 164 g/mol. The first kappa shape index (κ1) is 9.44. The lowest BCUT2D eigenvalue weighted by Crippen LogP contribution is -2.65. The molecule has 2 unspecified atom stereocenters. The third kappa shape index (κ3) is 2.03. The van der Waals surface area contributed by atoms with Gasteiger partial charge in [0.25, 0.3) is 0 Å². The van der Waals surface area contributed by atoms with Gasteiger partial charge >= 0.3 is 0 Å². The number of aliphatic hydroxyl groups is 1. The monoisotopic (exact) mass is 184 g/mol. The maximum atomic E-state index is 9.60. The van der Waals surface area contributed by atoms with Crippen molar-refractivity contribution in [2.45, 2.75) is 44.4 Å². The summed E-state index contributed by atoms with van der Waals surface area (Å²) in [5.74, 6) is 0. The Morgan fingerprint density at radius 2 is 2.08 bits per heavy atom. The molecular formula is C10H20N2O. The van der Waals surface area contributed by atoms with Gasteiger partial charge < -0.3 is 10.4 Å². The van der Waals surface area contributed by atoms with Crippen LogP contribution in [0, 0.1) is 0 Å². The van der Waals surface area contributed by atoms with E-state index >= 15 is 0 Å². The van der Waals surface area contributed by atoms with Crippen molar-refractivity contribution in [1.82, 2.24) is 10.2 Å². The zero-order chi connectivity index (χ0) is 9.47. The molecule has 0 bridgehead atoms. The van der Waals surface area contributed by atoms with E-state index in [4.69, 9.17) is 0 Å². The fourth-order valence-electron chi connectivity index (χ4n) is 2.38. The Balaban J connectivity index is 1.78. The molecule has 76 valence electrons. The van der Waals surface area contributed by atoms with Crippen molar-refractivity contribution in [2.24, 2.45) is 0 Å². The van der Waals surface area contributed by atoms with Crippen molar-refractivity contribution in [2.75, 3.05) is 19.6 Å². The molecule has 0 aromatic carbocycles. The van der Waals surface area contributed by atoms with E-state index in [1.165, 1.54) is 12.8 Å². The number of piperidine rings is 1. The molecule has 0 aromatic heterocycles. The summed E-state index contributed by atoms with van der Waals surface area (Å²) < 4.78 is 0. The van der Waals surface area contributed by atoms with Crippen molar-refractivity contribution in [3.63, 3.8) is 0 Å². The number of hydrogen-bond acceptors (Lipinski definition) is 3. The maximum absolute atomic E-state index is 9.60. The van der Waals surface area contributed by atoms with Gasteiger partial charge in [-0.15, -0.1) is 0 Å². The van der Waals surface area contributed by atoms with Crippen LogP contribution in [0.4, 0.5) is 0 Å². The summed E-state index contributed by atoms with van der Waals surface area (Å²) in [6, 6.07) is 1.34. The zero-order valence-corrected chi connectivity index (χ0v) is 8.58. The number of hydrogen-bond donors (Lipinski definition) is 2. The first-order chi connectivity index (χ1) is 6.07. The van der Waals surface area contributed by atoms with E-state index in [0.717, 1.165) is 19.6 Å². The number of nitrogens with one attached hydrogen (secondary N) is 1. The minimum absolute atomic E-state index is 0.414. The molecule has 13 heavy (non-hydrogen) atoms. The minimum atomic E-state index is -0.414. The molecule has 0 aromatic rings. The van der Waals surface area contributed by atoms with Crippen molar-refractivity contribution in [3.05, 3.63) is 0 Å². The quantitative estimate of drug-likeness (QED) is 0.611. The second-order valence-corrected chi connectivity index (χ2v) is 4.94. The van der Waals surface area contributed by atoms with Crippen LogP contribution in [0.15, 0.2) is 0 Å². The third-order valence-corrected chi connectivity index (χ3v) is 3.24. The molecule has 2 aliphatic heterocycles. The Morgan fingerprint density at radius 3 is 2.54 bits per heavy atom. The molecule has 3 nitrogen and oxygen atoms in total. The summed E-state index contributed by atoms with van der Waals surface area (Å²) in [6.45, 7) is 6.96. The highest BCUT2D eigenvalue weighted by Gasteiger charge is 2.40. The Labute approximate surface area is 80.1 Å². The fourth-order valence-corrected chi connectivity index (χ4v) is 2.38. The summed E-state index contributed by atoms with van der Waals surface area (Å²) in [4.78, 5) is 2.39. The van der Waals surface area contributed by atoms with Crippen molar-refractivity contribution in [3.8, 4) is 0 Å². The van der Waals surface area contributed by atoms with E-state index in [2.05, 4.69) is 17.1 Å². The number of β-amino-alcohol motifs (C(OH)–C–C–N with tert-alkyl or cyclic N) is 1. The van der Waals surface area contributed by atoms with E-state index < -0.39 is 5.60 Å². The molecule has 2 N–H and O–H groups in total. The summed E-state index contributed by atoms with van der Waals surface area (Å²) in [5, 5.41) is 13.1. The van der Waals surface area contributed by atoms with Crippen LogP contribution in [0.1, 0.15) is 26.7 Å². The Kier molecular flexibility index (Phi) is 2.34. The molecule has 2 atom stereocenters. The average molecular weight is 184 g/mol. The molecule has 0 amide bonds. The van der Waals surface area contributed by atoms with E-state index in [1.54, 1.807) is 0 Å². The molecule has 2 fully saturated rings. The molecule has 0 saturated carbocycles. The van der Waals surface area contributed by atoms with Crippen LogP contribution in [0.2, 0.25) is 0 Å². The van der Waals surface area contributed by atoms with Gasteiger partial charge in [-0.1, -0.05) is 0 Å². The van der Waals surface area contributed by atoms with Gasteiger partial charge in [0.15, 0.2) is 0 Å². The van der Waals surface area contributed by atoms with Crippen LogP contribution in [-0.4, -0.2) is 47.3 Å². The summed E-state index contributed by atoms with van der Waals surface area (Å²) in [7, 11) is 0. The largest absolute Gasteiger partial charge is 0.388 e. The highest BCUT2D eigenvalue weighted by atomic mass is 16.3. The van der Waals surface area contributed by atoms with Gasteiger partial charge in [0.1, 0.15) is 0 Å². The molecule has 2 aliphatic rings. The highest BCUT2D eigenvalue weighted by Crippen LogP contribution is 2.25. The van der Waals surface area contributed by atoms with Crippen LogP contribution in [0.5, 0.6) is 0 Å². The molecule has 2 heterocycles. The summed E-state index contributed by atoms with van der Waals surface area (Å²) >= 11 is 0. The van der Waals surface area contributed by atoms with Gasteiger partial charge in [-0.25, -0.2) is 0 Å². The zero-order valence-electron chi connectivity index (χ0n) is 8.58. The number of likely N-dealkylation sites (tertiary alicyclic amines) is 1. The second-order valence-electron chi connectivity index (χ2n) is 4.94. The normalized spacial score (nSPS) is 39.9. The lowest BCUT2D eigenvalue weighted by atomic mass is 9.91. The van der Waals surface area contributed by atoms with Crippen molar-refractivity contribution in [1.29, 1.82) is 0 Å². The Morgan fingerprint density at radius 1 is 1.38 bits per heavy atom. The third-order valence-electron chi connectivity index (χ3n) is 3.24. The van der Waals surface area contributed by atoms with E-state index in [0.29, 0.717) is 12.1 Å². The van der Waals surface area contributed by atoms with Crippen LogP contribution in [0.3, 0.4) is 0 Å². The second kappa shape index (κ2) is 3.23. The maximum Gasteiger partial charge on any atom is 0.0872 e. The molecule has 2 rings (SSSR count). The smallest absolute Gasteiger partial charge is 0.0872 e. The van der Waals surface area contributed by atoms with Crippen molar-refractivity contribution >= 4 is 0 Å². The predicted molar refractivity (Wildman–Crippen MR) is 52.7 cm³/mol. The lowest BCUT2D eigenvalue weighted by Gasteiger charge is -2.50. The van der Waals surface area contributed by atoms with E-state index in [-0.39, 0.29) is 0 Å². The van der Waals surface area contributed by atoms with Gasteiger partial charge in [-0.2, -0.15) is 0 Å². The van der Waals surface area contributed by atoms with Crippen LogP contribution in [-0.2, 0) is 0 Å². The van der Waals surface area contributed by atoms with E-state index in [1.807, 2.05) is 6.92 Å². The van der Waals surface area contributed by atoms with E-state index in [9.17, 15) is 5.11 Å². The van der Waals surface area contributed by atoms with Gasteiger partial charge in [0.2, 0.25) is 0 Å². The fraction of sp³-hybridized carbons (Fsp3) is 1.00. The van der Waals surface area contributed by atoms with Crippen LogP contribution < -0.4 is 5.32 Å². The van der Waals surface area contributed by atoms with Gasteiger partial charge in [-0.05, 0) is 26.7 Å². The average Bonchev–Trinajstić information content (AvgIpc) is 2.01. The van der Waals surface area contributed by atoms with Crippen LogP contribution >= 0.6 is 0 Å². The molecule has 0 radical (unpaired) electrons. The Hall–Kier alpha value is -0.120. The highest BCUT2D eigenvalue weighted by molar-refractivity contribution is 4.96. The SMILES string of the molecule is CC1CCC(N2CC(C)(O)C2)CN1. The molecule has 3 heteroatoms. The number of rotatable bonds is 1. The standard InChI is InChI=1S/C10H20N2O/c1-8-3-4-9(5-11-8)12-6-10(2,13)7-12/h8-9,11,13H,3-7H2,1-2H3. The Bertz CT molecular complexity index is 177. The van der Waals surface area contributed by atoms with Crippen molar-refractivity contribution < 1.29 is 5.11 Å². The molecule has 0 aliphatic carbocycles. The first-order valence-corrected chi connectivity index (χ1v) is 5.27. The molecule has 0 spiro atoms. The minimum Gasteiger partial charge on any atom is -0.388 e. The lowest BCUT2D eigenvalue weighted by molar-refractivity contribution is -0.105. The van der Waals surface area contributed by atoms with Gasteiger partial charge in [0, 0.05) is 31.7 Å². The number of nitrogens with zero attached hydrogens (tertiary/aromatic N) is 1. The van der Waals surface area contributed by atoms with Gasteiger partial charge in [-0.3, -0.25) is 4.90 Å². The first-order valence-electron chi connectivity index (χ1n) is 5.27. The summed E-state index contributed by atoms with van der Waals surface area (Å²) in [6.07, 6.45) is 2.55. The summed E-state index contributed by atoms with van der Waals surface area (Å²) in [5.41, 5.74) is -0.414. The predicted octanol–water partition coefficient (Wildman–Crippen LogP) is 0.193.